The molecule has 0 spiro atoms. The second-order valence-electron chi connectivity index (χ2n) is 5.11. The van der Waals surface area contributed by atoms with E-state index in [-0.39, 0.29) is 0 Å². The summed E-state index contributed by atoms with van der Waals surface area (Å²) >= 11 is 3.78. The van der Waals surface area contributed by atoms with E-state index in [2.05, 4.69) is 62.7 Å². The van der Waals surface area contributed by atoms with Crippen molar-refractivity contribution in [1.29, 1.82) is 0 Å². The molecule has 0 saturated heterocycles. The Morgan fingerprint density at radius 1 is 1.00 bits per heavy atom. The van der Waals surface area contributed by atoms with Crippen molar-refractivity contribution in [3.05, 3.63) is 50.9 Å². The van der Waals surface area contributed by atoms with Crippen LogP contribution in [0.2, 0.25) is 0 Å². The fourth-order valence-electron chi connectivity index (χ4n) is 2.57. The molecule has 0 fully saturated rings. The van der Waals surface area contributed by atoms with Gasteiger partial charge in [-0.25, -0.2) is 0 Å². The SMILES string of the molecule is COc1cc(-c2nscc2-c2ccc(I)cc2)cc(C)c1OC. The Bertz CT molecular complexity index is 828. The summed E-state index contributed by atoms with van der Waals surface area (Å²) < 4.78 is 16.7. The van der Waals surface area contributed by atoms with Crippen LogP contribution in [0.3, 0.4) is 0 Å². The van der Waals surface area contributed by atoms with Crippen LogP contribution in [0.4, 0.5) is 0 Å². The highest BCUT2D eigenvalue weighted by Crippen LogP contribution is 2.39. The summed E-state index contributed by atoms with van der Waals surface area (Å²) in [6, 6.07) is 12.5. The summed E-state index contributed by atoms with van der Waals surface area (Å²) in [6.45, 7) is 2.02. The third kappa shape index (κ3) is 3.21. The van der Waals surface area contributed by atoms with Gasteiger partial charge in [0.15, 0.2) is 11.5 Å². The number of aromatic nitrogens is 1. The number of hydrogen-bond donors (Lipinski definition) is 0. The maximum Gasteiger partial charge on any atom is 0.163 e. The number of benzene rings is 2. The van der Waals surface area contributed by atoms with E-state index in [0.29, 0.717) is 0 Å². The monoisotopic (exact) mass is 437 g/mol. The van der Waals surface area contributed by atoms with Crippen molar-refractivity contribution in [2.45, 2.75) is 6.92 Å². The minimum atomic E-state index is 0.726. The largest absolute Gasteiger partial charge is 0.493 e. The van der Waals surface area contributed by atoms with Crippen LogP contribution in [0.25, 0.3) is 22.4 Å². The summed E-state index contributed by atoms with van der Waals surface area (Å²) in [5.41, 5.74) is 5.35. The molecule has 0 N–H and O–H groups in total. The third-order valence-electron chi connectivity index (χ3n) is 3.66. The van der Waals surface area contributed by atoms with E-state index in [0.717, 1.165) is 33.9 Å². The van der Waals surface area contributed by atoms with Crippen molar-refractivity contribution < 1.29 is 9.47 Å². The molecule has 0 aliphatic heterocycles. The molecule has 3 nitrogen and oxygen atoms in total. The lowest BCUT2D eigenvalue weighted by Crippen LogP contribution is -1.94. The van der Waals surface area contributed by atoms with Crippen molar-refractivity contribution >= 4 is 34.1 Å². The van der Waals surface area contributed by atoms with Gasteiger partial charge in [0.25, 0.3) is 0 Å². The summed E-state index contributed by atoms with van der Waals surface area (Å²) in [7, 11) is 3.31. The van der Waals surface area contributed by atoms with Gasteiger partial charge in [0.2, 0.25) is 0 Å². The van der Waals surface area contributed by atoms with E-state index < -0.39 is 0 Å². The predicted molar refractivity (Wildman–Crippen MR) is 104 cm³/mol. The molecule has 0 bridgehead atoms. The number of hydrogen-bond acceptors (Lipinski definition) is 4. The van der Waals surface area contributed by atoms with Gasteiger partial charge in [-0.3, -0.25) is 0 Å². The van der Waals surface area contributed by atoms with Gasteiger partial charge >= 0.3 is 0 Å². The van der Waals surface area contributed by atoms with Crippen LogP contribution in [0.15, 0.2) is 41.8 Å². The van der Waals surface area contributed by atoms with Crippen LogP contribution >= 0.6 is 34.1 Å². The molecule has 118 valence electrons. The van der Waals surface area contributed by atoms with E-state index in [1.54, 1.807) is 14.2 Å². The zero-order valence-electron chi connectivity index (χ0n) is 13.1. The number of ether oxygens (including phenoxy) is 2. The fraction of sp³-hybridized carbons (Fsp3) is 0.167. The zero-order valence-corrected chi connectivity index (χ0v) is 16.1. The maximum atomic E-state index is 5.47. The van der Waals surface area contributed by atoms with Crippen LogP contribution < -0.4 is 9.47 Å². The Kier molecular flexibility index (Phi) is 4.87. The topological polar surface area (TPSA) is 31.4 Å². The molecule has 2 aromatic carbocycles. The summed E-state index contributed by atoms with van der Waals surface area (Å²) in [6.07, 6.45) is 0. The average Bonchev–Trinajstić information content (AvgIpc) is 3.04. The Morgan fingerprint density at radius 3 is 2.39 bits per heavy atom. The van der Waals surface area contributed by atoms with E-state index in [1.807, 2.05) is 13.0 Å². The standard InChI is InChI=1S/C18H16INO2S/c1-11-8-13(9-16(21-2)18(11)22-3)17-15(10-23-20-17)12-4-6-14(19)7-5-12/h4-10H,1-3H3. The number of halogens is 1. The summed E-state index contributed by atoms with van der Waals surface area (Å²) in [5, 5.41) is 2.09. The Labute approximate surface area is 153 Å². The lowest BCUT2D eigenvalue weighted by molar-refractivity contribution is 0.353. The number of rotatable bonds is 4. The summed E-state index contributed by atoms with van der Waals surface area (Å²) in [4.78, 5) is 0. The third-order valence-corrected chi connectivity index (χ3v) is 5.01. The average molecular weight is 437 g/mol. The van der Waals surface area contributed by atoms with Crippen LogP contribution in [0, 0.1) is 10.5 Å². The molecule has 3 aromatic rings. The molecule has 3 rings (SSSR count). The minimum Gasteiger partial charge on any atom is -0.493 e. The van der Waals surface area contributed by atoms with Gasteiger partial charge in [0.1, 0.15) is 0 Å². The molecule has 1 heterocycles. The second kappa shape index (κ2) is 6.88. The first-order valence-electron chi connectivity index (χ1n) is 7.07. The summed E-state index contributed by atoms with van der Waals surface area (Å²) in [5.74, 6) is 1.49. The van der Waals surface area contributed by atoms with Gasteiger partial charge in [0.05, 0.1) is 19.9 Å². The first-order valence-corrected chi connectivity index (χ1v) is 8.99. The maximum absolute atomic E-state index is 5.47. The Hall–Kier alpha value is -1.60. The van der Waals surface area contributed by atoms with E-state index >= 15 is 0 Å². The molecule has 0 unspecified atom stereocenters. The lowest BCUT2D eigenvalue weighted by atomic mass is 10.00. The smallest absolute Gasteiger partial charge is 0.163 e. The molecule has 0 radical (unpaired) electrons. The van der Waals surface area contributed by atoms with Gasteiger partial charge in [-0.15, -0.1) is 0 Å². The van der Waals surface area contributed by atoms with Gasteiger partial charge in [-0.2, -0.15) is 4.37 Å². The highest BCUT2D eigenvalue weighted by Gasteiger charge is 2.15. The minimum absolute atomic E-state index is 0.726. The number of aryl methyl sites for hydroxylation is 1. The molecule has 0 aliphatic rings. The zero-order chi connectivity index (χ0) is 16.4. The second-order valence-corrected chi connectivity index (χ2v) is 6.99. The molecular weight excluding hydrogens is 421 g/mol. The van der Waals surface area contributed by atoms with Crippen LogP contribution in [0.1, 0.15) is 5.56 Å². The quantitative estimate of drug-likeness (QED) is 0.512. The first kappa shape index (κ1) is 16.3. The fourth-order valence-corrected chi connectivity index (χ4v) is 3.65. The van der Waals surface area contributed by atoms with E-state index in [9.17, 15) is 0 Å². The molecule has 0 atom stereocenters. The van der Waals surface area contributed by atoms with Crippen LogP contribution in [-0.2, 0) is 0 Å². The van der Waals surface area contributed by atoms with Gasteiger partial charge in [-0.1, -0.05) is 12.1 Å². The molecule has 0 amide bonds. The normalized spacial score (nSPS) is 10.6. The van der Waals surface area contributed by atoms with Crippen LogP contribution in [-0.4, -0.2) is 18.6 Å². The highest BCUT2D eigenvalue weighted by atomic mass is 127. The lowest BCUT2D eigenvalue weighted by Gasteiger charge is -2.13. The van der Waals surface area contributed by atoms with Gasteiger partial charge in [-0.05, 0) is 76.4 Å². The Balaban J connectivity index is 2.12. The molecule has 0 aliphatic carbocycles. The van der Waals surface area contributed by atoms with Crippen molar-refractivity contribution in [3.8, 4) is 33.9 Å². The molecular formula is C18H16INO2S. The number of nitrogens with zero attached hydrogens (tertiary/aromatic N) is 1. The molecule has 5 heteroatoms. The molecule has 23 heavy (non-hydrogen) atoms. The van der Waals surface area contributed by atoms with E-state index in [4.69, 9.17) is 9.47 Å². The van der Waals surface area contributed by atoms with Gasteiger partial charge < -0.3 is 9.47 Å². The van der Waals surface area contributed by atoms with E-state index in [1.165, 1.54) is 20.7 Å². The van der Waals surface area contributed by atoms with Crippen molar-refractivity contribution in [1.82, 2.24) is 4.37 Å². The Morgan fingerprint density at radius 2 is 1.74 bits per heavy atom. The number of methoxy groups -OCH3 is 2. The predicted octanol–water partition coefficient (Wildman–Crippen LogP) is 5.41. The molecule has 0 saturated carbocycles. The highest BCUT2D eigenvalue weighted by molar-refractivity contribution is 14.1. The van der Waals surface area contributed by atoms with Crippen LogP contribution in [0.5, 0.6) is 11.5 Å². The first-order chi connectivity index (χ1) is 11.1. The molecule has 1 aromatic heterocycles. The van der Waals surface area contributed by atoms with Gasteiger partial charge in [0, 0.05) is 20.1 Å². The van der Waals surface area contributed by atoms with Crippen molar-refractivity contribution in [2.24, 2.45) is 0 Å². The van der Waals surface area contributed by atoms with Crippen molar-refractivity contribution in [3.63, 3.8) is 0 Å². The van der Waals surface area contributed by atoms with Crippen molar-refractivity contribution in [2.75, 3.05) is 14.2 Å².